The predicted molar refractivity (Wildman–Crippen MR) is 87.9 cm³/mol. The van der Waals surface area contributed by atoms with Crippen molar-refractivity contribution in [1.82, 2.24) is 19.7 Å². The first-order chi connectivity index (χ1) is 11.3. The maximum absolute atomic E-state index is 10.7. The van der Waals surface area contributed by atoms with Gasteiger partial charge in [0.25, 0.3) is 0 Å². The predicted octanol–water partition coefficient (Wildman–Crippen LogP) is 3.84. The molecule has 0 saturated heterocycles. The first kappa shape index (κ1) is 13.3. The van der Waals surface area contributed by atoms with Crippen LogP contribution >= 0.6 is 0 Å². The summed E-state index contributed by atoms with van der Waals surface area (Å²) < 4.78 is 1.12. The maximum atomic E-state index is 10.7. The monoisotopic (exact) mass is 302 g/mol. The highest BCUT2D eigenvalue weighted by atomic mass is 16.5. The zero-order chi connectivity index (χ0) is 15.6. The summed E-state index contributed by atoms with van der Waals surface area (Å²) in [6.45, 7) is 0. The molecule has 0 aliphatic heterocycles. The molecular weight excluding hydrogens is 288 g/mol. The summed E-state index contributed by atoms with van der Waals surface area (Å²) in [6, 6.07) is 19.5. The minimum Gasteiger partial charge on any atom is -0.426 e. The lowest BCUT2D eigenvalue weighted by Gasteiger charge is -2.05. The Morgan fingerprint density at radius 3 is 2.13 bits per heavy atom. The SMILES string of the molecule is On1c(-c2cnc[nH]2)nc(-c2ccccc2)c1-c1ccccc1. The van der Waals surface area contributed by atoms with Crippen molar-refractivity contribution < 1.29 is 5.21 Å². The average molecular weight is 302 g/mol. The average Bonchev–Trinajstić information content (AvgIpc) is 3.24. The van der Waals surface area contributed by atoms with E-state index >= 15 is 0 Å². The Hall–Kier alpha value is -3.34. The molecule has 23 heavy (non-hydrogen) atoms. The van der Waals surface area contributed by atoms with Crippen LogP contribution < -0.4 is 0 Å². The molecule has 5 heteroatoms. The molecule has 2 aromatic heterocycles. The van der Waals surface area contributed by atoms with E-state index in [1.165, 1.54) is 0 Å². The highest BCUT2D eigenvalue weighted by molar-refractivity contribution is 5.81. The van der Waals surface area contributed by atoms with Crippen molar-refractivity contribution in [3.63, 3.8) is 0 Å². The number of hydrogen-bond donors (Lipinski definition) is 2. The molecule has 2 aromatic carbocycles. The summed E-state index contributed by atoms with van der Waals surface area (Å²) in [7, 11) is 0. The van der Waals surface area contributed by atoms with Gasteiger partial charge in [0.15, 0.2) is 5.82 Å². The summed E-state index contributed by atoms with van der Waals surface area (Å²) in [5.74, 6) is 0.431. The van der Waals surface area contributed by atoms with E-state index in [1.54, 1.807) is 12.5 Å². The highest BCUT2D eigenvalue weighted by Crippen LogP contribution is 2.34. The third-order valence-electron chi connectivity index (χ3n) is 3.69. The molecular formula is C18H14N4O. The molecule has 112 valence electrons. The second-order valence-electron chi connectivity index (χ2n) is 5.14. The van der Waals surface area contributed by atoms with Gasteiger partial charge in [-0.3, -0.25) is 0 Å². The number of imidazole rings is 2. The zero-order valence-electron chi connectivity index (χ0n) is 12.2. The molecule has 0 bridgehead atoms. The van der Waals surface area contributed by atoms with Crippen LogP contribution in [0.3, 0.4) is 0 Å². The first-order valence-electron chi connectivity index (χ1n) is 7.26. The summed E-state index contributed by atoms with van der Waals surface area (Å²) in [5.41, 5.74) is 3.88. The fourth-order valence-electron chi connectivity index (χ4n) is 2.62. The van der Waals surface area contributed by atoms with E-state index in [9.17, 15) is 5.21 Å². The van der Waals surface area contributed by atoms with Crippen LogP contribution in [0.5, 0.6) is 0 Å². The lowest BCUT2D eigenvalue weighted by atomic mass is 10.1. The standard InChI is InChI=1S/C18H14N4O/c23-22-17(14-9-5-2-6-10-14)16(13-7-3-1-4-8-13)21-18(22)15-11-19-12-20-15/h1-12,23H,(H,19,20). The summed E-state index contributed by atoms with van der Waals surface area (Å²) in [6.07, 6.45) is 3.20. The molecule has 0 saturated carbocycles. The number of nitrogens with zero attached hydrogens (tertiary/aromatic N) is 3. The van der Waals surface area contributed by atoms with Crippen LogP contribution in [0.1, 0.15) is 0 Å². The number of nitrogens with one attached hydrogen (secondary N) is 1. The molecule has 0 atom stereocenters. The van der Waals surface area contributed by atoms with Gasteiger partial charge in [-0.05, 0) is 0 Å². The maximum Gasteiger partial charge on any atom is 0.194 e. The molecule has 0 spiro atoms. The summed E-state index contributed by atoms with van der Waals surface area (Å²) in [5, 5.41) is 10.7. The van der Waals surface area contributed by atoms with Crippen molar-refractivity contribution >= 4 is 0 Å². The Bertz CT molecular complexity index is 913. The van der Waals surface area contributed by atoms with E-state index in [0.717, 1.165) is 21.6 Å². The fourth-order valence-corrected chi connectivity index (χ4v) is 2.62. The van der Waals surface area contributed by atoms with Crippen LogP contribution in [-0.4, -0.2) is 24.9 Å². The van der Waals surface area contributed by atoms with E-state index in [2.05, 4.69) is 15.0 Å². The second-order valence-corrected chi connectivity index (χ2v) is 5.14. The molecule has 0 aliphatic rings. The number of H-pyrrole nitrogens is 1. The molecule has 0 aliphatic carbocycles. The van der Waals surface area contributed by atoms with E-state index in [1.807, 2.05) is 60.7 Å². The molecule has 4 aromatic rings. The smallest absolute Gasteiger partial charge is 0.194 e. The minimum atomic E-state index is 0.431. The number of aromatic nitrogens is 4. The Kier molecular flexibility index (Phi) is 3.16. The normalized spacial score (nSPS) is 10.8. The van der Waals surface area contributed by atoms with Gasteiger partial charge in [-0.1, -0.05) is 60.7 Å². The number of hydrogen-bond acceptors (Lipinski definition) is 3. The molecule has 0 amide bonds. The van der Waals surface area contributed by atoms with Crippen LogP contribution in [0, 0.1) is 0 Å². The number of rotatable bonds is 3. The van der Waals surface area contributed by atoms with Crippen LogP contribution in [-0.2, 0) is 0 Å². The third kappa shape index (κ3) is 2.28. The molecule has 0 fully saturated rings. The third-order valence-corrected chi connectivity index (χ3v) is 3.69. The van der Waals surface area contributed by atoms with E-state index < -0.39 is 0 Å². The van der Waals surface area contributed by atoms with Crippen molar-refractivity contribution in [1.29, 1.82) is 0 Å². The van der Waals surface area contributed by atoms with Crippen LogP contribution in [0.2, 0.25) is 0 Å². The topological polar surface area (TPSA) is 66.7 Å². The quantitative estimate of drug-likeness (QED) is 0.565. The number of benzene rings is 2. The van der Waals surface area contributed by atoms with Crippen molar-refractivity contribution in [3.05, 3.63) is 73.2 Å². The Labute approximate surface area is 132 Å². The minimum absolute atomic E-state index is 0.431. The lowest BCUT2D eigenvalue weighted by molar-refractivity contribution is 0.195. The van der Waals surface area contributed by atoms with Crippen molar-refractivity contribution in [3.8, 4) is 34.0 Å². The zero-order valence-corrected chi connectivity index (χ0v) is 12.2. The molecule has 2 N–H and O–H groups in total. The van der Waals surface area contributed by atoms with Gasteiger partial charge in [0.2, 0.25) is 0 Å². The van der Waals surface area contributed by atoms with Crippen molar-refractivity contribution in [2.45, 2.75) is 0 Å². The van der Waals surface area contributed by atoms with Crippen LogP contribution in [0.25, 0.3) is 34.0 Å². The number of aromatic amines is 1. The van der Waals surface area contributed by atoms with Crippen molar-refractivity contribution in [2.75, 3.05) is 0 Å². The Morgan fingerprint density at radius 2 is 1.52 bits per heavy atom. The van der Waals surface area contributed by atoms with Gasteiger partial charge in [0, 0.05) is 11.1 Å². The Morgan fingerprint density at radius 1 is 0.870 bits per heavy atom. The van der Waals surface area contributed by atoms with E-state index in [4.69, 9.17) is 0 Å². The van der Waals surface area contributed by atoms with Gasteiger partial charge in [-0.15, -0.1) is 0 Å². The van der Waals surface area contributed by atoms with Gasteiger partial charge >= 0.3 is 0 Å². The summed E-state index contributed by atoms with van der Waals surface area (Å²) in [4.78, 5) is 11.6. The molecule has 5 nitrogen and oxygen atoms in total. The molecule has 0 unspecified atom stereocenters. The van der Waals surface area contributed by atoms with Crippen LogP contribution in [0.15, 0.2) is 73.2 Å². The molecule has 4 rings (SSSR count). The van der Waals surface area contributed by atoms with Crippen LogP contribution in [0.4, 0.5) is 0 Å². The largest absolute Gasteiger partial charge is 0.426 e. The van der Waals surface area contributed by atoms with Gasteiger partial charge < -0.3 is 10.2 Å². The summed E-state index contributed by atoms with van der Waals surface area (Å²) >= 11 is 0. The van der Waals surface area contributed by atoms with E-state index in [-0.39, 0.29) is 0 Å². The molecule has 0 radical (unpaired) electrons. The second kappa shape index (κ2) is 5.46. The van der Waals surface area contributed by atoms with Crippen molar-refractivity contribution in [2.24, 2.45) is 0 Å². The van der Waals surface area contributed by atoms with Gasteiger partial charge in [0.05, 0.1) is 12.5 Å². The highest BCUT2D eigenvalue weighted by Gasteiger charge is 2.21. The molecule has 2 heterocycles. The van der Waals surface area contributed by atoms with E-state index in [0.29, 0.717) is 17.2 Å². The fraction of sp³-hybridized carbons (Fsp3) is 0. The van der Waals surface area contributed by atoms with Gasteiger partial charge in [0.1, 0.15) is 17.1 Å². The van der Waals surface area contributed by atoms with Gasteiger partial charge in [-0.25, -0.2) is 9.97 Å². The first-order valence-corrected chi connectivity index (χ1v) is 7.26. The Balaban J connectivity index is 1.99. The van der Waals surface area contributed by atoms with Gasteiger partial charge in [-0.2, -0.15) is 4.73 Å². The lowest BCUT2D eigenvalue weighted by Crippen LogP contribution is -1.97.